The molecule has 0 aliphatic heterocycles. The quantitative estimate of drug-likeness (QED) is 0.561. The highest BCUT2D eigenvalue weighted by atomic mass is 19.1. The highest BCUT2D eigenvalue weighted by Crippen LogP contribution is 2.21. The number of nitrogens with zero attached hydrogens (tertiary/aromatic N) is 1. The van der Waals surface area contributed by atoms with E-state index in [0.29, 0.717) is 5.56 Å². The Morgan fingerprint density at radius 2 is 2.23 bits per heavy atom. The fourth-order valence-corrected chi connectivity index (χ4v) is 1.05. The number of aliphatic hydroxyl groups is 1. The Labute approximate surface area is 73.8 Å². The summed E-state index contributed by atoms with van der Waals surface area (Å²) in [7, 11) is 0. The van der Waals surface area contributed by atoms with E-state index in [1.54, 1.807) is 0 Å². The molecule has 1 N–H and O–H groups in total. The molecule has 0 saturated heterocycles. The van der Waals surface area contributed by atoms with Gasteiger partial charge < -0.3 is 5.11 Å². The van der Waals surface area contributed by atoms with Gasteiger partial charge in [-0.25, -0.2) is 4.39 Å². The topological polar surface area (TPSA) is 63.4 Å². The van der Waals surface area contributed by atoms with Crippen LogP contribution in [0.5, 0.6) is 0 Å². The molecule has 0 aromatic heterocycles. The number of hydrogen-bond donors (Lipinski definition) is 1. The number of rotatable bonds is 2. The molecule has 5 heteroatoms. The average Bonchev–Trinajstić information content (AvgIpc) is 2.07. The van der Waals surface area contributed by atoms with Gasteiger partial charge in [0.25, 0.3) is 5.69 Å². The lowest BCUT2D eigenvalue weighted by atomic mass is 10.1. The second kappa shape index (κ2) is 3.49. The van der Waals surface area contributed by atoms with Crippen LogP contribution in [0.3, 0.4) is 0 Å². The molecule has 0 atom stereocenters. The van der Waals surface area contributed by atoms with Crippen molar-refractivity contribution in [1.29, 1.82) is 0 Å². The summed E-state index contributed by atoms with van der Waals surface area (Å²) < 4.78 is 12.9. The smallest absolute Gasteiger partial charge is 0.275 e. The number of nitro groups is 1. The van der Waals surface area contributed by atoms with E-state index >= 15 is 0 Å². The molecule has 0 aliphatic rings. The van der Waals surface area contributed by atoms with Crippen LogP contribution in [0.2, 0.25) is 0 Å². The maximum Gasteiger partial charge on any atom is 0.275 e. The van der Waals surface area contributed by atoms with Gasteiger partial charge in [0.15, 0.2) is 0 Å². The predicted octanol–water partition coefficient (Wildman–Crippen LogP) is 1.53. The molecule has 0 saturated carbocycles. The second-order valence-electron chi connectivity index (χ2n) is 2.65. The Morgan fingerprint density at radius 1 is 1.62 bits per heavy atom. The fourth-order valence-electron chi connectivity index (χ4n) is 1.05. The summed E-state index contributed by atoms with van der Waals surface area (Å²) in [5.74, 6) is -0.750. The van der Waals surface area contributed by atoms with Crippen molar-refractivity contribution < 1.29 is 14.4 Å². The molecule has 0 aliphatic carbocycles. The molecule has 0 heterocycles. The van der Waals surface area contributed by atoms with Crippen molar-refractivity contribution in [2.45, 2.75) is 13.5 Å². The zero-order valence-corrected chi connectivity index (χ0v) is 6.95. The van der Waals surface area contributed by atoms with Crippen LogP contribution in [0.1, 0.15) is 11.1 Å². The molecule has 1 rings (SSSR count). The molecule has 13 heavy (non-hydrogen) atoms. The van der Waals surface area contributed by atoms with E-state index in [1.807, 2.05) is 0 Å². The molecular formula is C8H8FNO3. The van der Waals surface area contributed by atoms with Crippen LogP contribution < -0.4 is 0 Å². The number of benzene rings is 1. The molecular weight excluding hydrogens is 177 g/mol. The maximum atomic E-state index is 12.9. The lowest BCUT2D eigenvalue weighted by Crippen LogP contribution is -1.97. The van der Waals surface area contributed by atoms with E-state index in [2.05, 4.69) is 0 Å². The van der Waals surface area contributed by atoms with Crippen LogP contribution in [0, 0.1) is 22.9 Å². The second-order valence-corrected chi connectivity index (χ2v) is 2.65. The summed E-state index contributed by atoms with van der Waals surface area (Å²) in [6.45, 7) is 1.04. The van der Waals surface area contributed by atoms with Crippen molar-refractivity contribution in [3.63, 3.8) is 0 Å². The number of hydrogen-bond acceptors (Lipinski definition) is 3. The third-order valence-electron chi connectivity index (χ3n) is 1.73. The van der Waals surface area contributed by atoms with Gasteiger partial charge in [0.05, 0.1) is 17.6 Å². The minimum Gasteiger partial charge on any atom is -0.392 e. The van der Waals surface area contributed by atoms with Gasteiger partial charge in [-0.3, -0.25) is 10.1 Å². The van der Waals surface area contributed by atoms with Crippen LogP contribution >= 0.6 is 0 Å². The van der Waals surface area contributed by atoms with E-state index in [-0.39, 0.29) is 11.3 Å². The summed E-state index contributed by atoms with van der Waals surface area (Å²) in [6.07, 6.45) is 0. The van der Waals surface area contributed by atoms with Crippen LogP contribution in [0.4, 0.5) is 10.1 Å². The van der Waals surface area contributed by atoms with Crippen LogP contribution in [-0.4, -0.2) is 10.0 Å². The van der Waals surface area contributed by atoms with E-state index < -0.39 is 17.3 Å². The maximum absolute atomic E-state index is 12.9. The molecule has 1 aromatic rings. The van der Waals surface area contributed by atoms with E-state index in [1.165, 1.54) is 13.0 Å². The summed E-state index contributed by atoms with van der Waals surface area (Å²) in [4.78, 5) is 9.70. The molecule has 0 amide bonds. The standard InChI is InChI=1S/C8H8FNO3/c1-5-2-6(4-11)7(9)3-8(5)10(12)13/h2-3,11H,4H2,1H3. The van der Waals surface area contributed by atoms with Crippen molar-refractivity contribution in [2.24, 2.45) is 0 Å². The first-order valence-electron chi connectivity index (χ1n) is 3.60. The molecule has 0 unspecified atom stereocenters. The van der Waals surface area contributed by atoms with Gasteiger partial charge in [0, 0.05) is 11.1 Å². The first-order chi connectivity index (χ1) is 6.06. The van der Waals surface area contributed by atoms with Crippen molar-refractivity contribution in [1.82, 2.24) is 0 Å². The zero-order valence-electron chi connectivity index (χ0n) is 6.95. The molecule has 0 radical (unpaired) electrons. The van der Waals surface area contributed by atoms with Crippen molar-refractivity contribution >= 4 is 5.69 Å². The first kappa shape index (κ1) is 9.60. The number of aryl methyl sites for hydroxylation is 1. The third-order valence-corrected chi connectivity index (χ3v) is 1.73. The number of nitro benzene ring substituents is 1. The SMILES string of the molecule is Cc1cc(CO)c(F)cc1[N+](=O)[O-]. The Balaban J connectivity index is 3.28. The summed E-state index contributed by atoms with van der Waals surface area (Å²) in [6, 6.07) is 2.09. The van der Waals surface area contributed by atoms with Crippen molar-refractivity contribution in [3.05, 3.63) is 39.2 Å². The predicted molar refractivity (Wildman–Crippen MR) is 43.7 cm³/mol. The van der Waals surface area contributed by atoms with Crippen LogP contribution in [-0.2, 0) is 6.61 Å². The van der Waals surface area contributed by atoms with Gasteiger partial charge in [-0.1, -0.05) is 0 Å². The van der Waals surface area contributed by atoms with Gasteiger partial charge in [0.1, 0.15) is 5.82 Å². The fraction of sp³-hybridized carbons (Fsp3) is 0.250. The number of aliphatic hydroxyl groups excluding tert-OH is 1. The Hall–Kier alpha value is -1.49. The molecule has 4 nitrogen and oxygen atoms in total. The lowest BCUT2D eigenvalue weighted by molar-refractivity contribution is -0.385. The third kappa shape index (κ3) is 1.81. The molecule has 70 valence electrons. The van der Waals surface area contributed by atoms with Crippen LogP contribution in [0.15, 0.2) is 12.1 Å². The summed E-state index contributed by atoms with van der Waals surface area (Å²) in [5, 5.41) is 19.0. The molecule has 0 bridgehead atoms. The van der Waals surface area contributed by atoms with Gasteiger partial charge in [-0.05, 0) is 13.0 Å². The van der Waals surface area contributed by atoms with Gasteiger partial charge in [0.2, 0.25) is 0 Å². The Morgan fingerprint density at radius 3 is 2.69 bits per heavy atom. The number of halogens is 1. The lowest BCUT2D eigenvalue weighted by Gasteiger charge is -2.01. The van der Waals surface area contributed by atoms with Gasteiger partial charge >= 0.3 is 0 Å². The highest BCUT2D eigenvalue weighted by molar-refractivity contribution is 5.42. The van der Waals surface area contributed by atoms with Gasteiger partial charge in [-0.15, -0.1) is 0 Å². The van der Waals surface area contributed by atoms with Crippen molar-refractivity contribution in [2.75, 3.05) is 0 Å². The molecule has 0 fully saturated rings. The largest absolute Gasteiger partial charge is 0.392 e. The minimum absolute atomic E-state index is 0.0723. The molecule has 1 aromatic carbocycles. The zero-order chi connectivity index (χ0) is 10.0. The average molecular weight is 185 g/mol. The molecule has 0 spiro atoms. The highest BCUT2D eigenvalue weighted by Gasteiger charge is 2.14. The minimum atomic E-state index is -0.750. The van der Waals surface area contributed by atoms with Gasteiger partial charge in [-0.2, -0.15) is 0 Å². The van der Waals surface area contributed by atoms with Crippen LogP contribution in [0.25, 0.3) is 0 Å². The Bertz CT molecular complexity index is 351. The Kier molecular flexibility index (Phi) is 2.57. The summed E-state index contributed by atoms with van der Waals surface area (Å²) >= 11 is 0. The normalized spacial score (nSPS) is 10.1. The monoisotopic (exact) mass is 185 g/mol. The van der Waals surface area contributed by atoms with E-state index in [9.17, 15) is 14.5 Å². The van der Waals surface area contributed by atoms with E-state index in [0.717, 1.165) is 6.07 Å². The van der Waals surface area contributed by atoms with E-state index in [4.69, 9.17) is 5.11 Å². The first-order valence-corrected chi connectivity index (χ1v) is 3.60. The summed E-state index contributed by atoms with van der Waals surface area (Å²) in [5.41, 5.74) is 0.147. The van der Waals surface area contributed by atoms with Crippen molar-refractivity contribution in [3.8, 4) is 0 Å².